The van der Waals surface area contributed by atoms with Crippen molar-refractivity contribution in [2.75, 3.05) is 13.2 Å². The number of aliphatic hydroxyl groups is 2. The van der Waals surface area contributed by atoms with Crippen LogP contribution in [0.4, 0.5) is 0 Å². The van der Waals surface area contributed by atoms with Gasteiger partial charge in [0.05, 0.1) is 25.4 Å². The van der Waals surface area contributed by atoms with Crippen LogP contribution in [0.3, 0.4) is 0 Å². The minimum absolute atomic E-state index is 0.00766. The summed E-state index contributed by atoms with van der Waals surface area (Å²) in [5, 5.41) is 23.3. The first-order chi connectivity index (χ1) is 38.5. The summed E-state index contributed by atoms with van der Waals surface area (Å²) in [5.74, 6) is -0.0577. The van der Waals surface area contributed by atoms with Gasteiger partial charge in [0, 0.05) is 12.8 Å². The maximum absolute atomic E-state index is 12.5. The summed E-state index contributed by atoms with van der Waals surface area (Å²) < 4.78 is 5.50. The van der Waals surface area contributed by atoms with E-state index >= 15 is 0 Å². The largest absolute Gasteiger partial charge is 0.466 e. The third-order valence-corrected chi connectivity index (χ3v) is 16.7. The number of hydrogen-bond acceptors (Lipinski definition) is 5. The fraction of sp³-hybridized carbons (Fsp3) is 0.917. The third-order valence-electron chi connectivity index (χ3n) is 16.7. The van der Waals surface area contributed by atoms with Gasteiger partial charge in [0.25, 0.3) is 0 Å². The van der Waals surface area contributed by atoms with Crippen LogP contribution < -0.4 is 5.32 Å². The Morgan fingerprint density at radius 2 is 0.603 bits per heavy atom. The molecule has 0 saturated carbocycles. The molecule has 6 heteroatoms. The minimum atomic E-state index is -0.847. The van der Waals surface area contributed by atoms with Gasteiger partial charge in [-0.1, -0.05) is 353 Å². The first-order valence-electron chi connectivity index (χ1n) is 35.6. The van der Waals surface area contributed by atoms with Gasteiger partial charge >= 0.3 is 5.97 Å². The summed E-state index contributed by atoms with van der Waals surface area (Å²) in [6.45, 7) is 4.93. The van der Waals surface area contributed by atoms with Gasteiger partial charge in [0.15, 0.2) is 0 Å². The molecule has 0 aromatic rings. The van der Waals surface area contributed by atoms with Crippen LogP contribution in [0.2, 0.25) is 0 Å². The molecule has 0 spiro atoms. The zero-order chi connectivity index (χ0) is 56.4. The Labute approximate surface area is 488 Å². The van der Waals surface area contributed by atoms with Gasteiger partial charge in [-0.25, -0.2) is 0 Å². The summed E-state index contributed by atoms with van der Waals surface area (Å²) >= 11 is 0. The number of nitrogens with one attached hydrogen (secondary N) is 1. The first-order valence-corrected chi connectivity index (χ1v) is 35.6. The number of allylic oxidation sites excluding steroid dienone is 3. The minimum Gasteiger partial charge on any atom is -0.466 e. The van der Waals surface area contributed by atoms with Crippen LogP contribution in [-0.2, 0) is 14.3 Å². The molecule has 462 valence electrons. The molecule has 2 unspecified atom stereocenters. The van der Waals surface area contributed by atoms with Crippen LogP contribution in [0.25, 0.3) is 0 Å². The SMILES string of the molecule is CCCCCCCC/C=C\CCCCCCCCCC(=O)OCCCCCCCCCCCCCCCCCCCCCCC(=O)NC(CO)C(O)/C=C/CCCCCCCCCCCCCCCCCCCCCCCC. The van der Waals surface area contributed by atoms with E-state index in [0.29, 0.717) is 19.4 Å². The molecule has 0 fully saturated rings. The Morgan fingerprint density at radius 1 is 0.346 bits per heavy atom. The van der Waals surface area contributed by atoms with E-state index in [1.807, 2.05) is 6.08 Å². The summed E-state index contributed by atoms with van der Waals surface area (Å²) in [5.41, 5.74) is 0. The lowest BCUT2D eigenvalue weighted by Crippen LogP contribution is -2.45. The van der Waals surface area contributed by atoms with Crippen molar-refractivity contribution in [2.24, 2.45) is 0 Å². The highest BCUT2D eigenvalue weighted by Crippen LogP contribution is 2.19. The van der Waals surface area contributed by atoms with E-state index < -0.39 is 12.1 Å². The number of unbranched alkanes of at least 4 members (excludes halogenated alkanes) is 54. The molecule has 0 aliphatic rings. The molecule has 78 heavy (non-hydrogen) atoms. The van der Waals surface area contributed by atoms with E-state index in [1.165, 1.54) is 327 Å². The second kappa shape index (κ2) is 67.8. The van der Waals surface area contributed by atoms with Crippen LogP contribution in [0, 0.1) is 0 Å². The molecule has 0 aromatic carbocycles. The van der Waals surface area contributed by atoms with Crippen molar-refractivity contribution in [1.29, 1.82) is 0 Å². The van der Waals surface area contributed by atoms with Crippen LogP contribution in [0.15, 0.2) is 24.3 Å². The quantitative estimate of drug-likeness (QED) is 0.0320. The Bertz CT molecular complexity index is 1220. The Kier molecular flexibility index (Phi) is 66.4. The maximum atomic E-state index is 12.5. The number of carbonyl (C=O) groups excluding carboxylic acids is 2. The van der Waals surface area contributed by atoms with E-state index in [0.717, 1.165) is 44.9 Å². The van der Waals surface area contributed by atoms with Crippen molar-refractivity contribution < 1.29 is 24.5 Å². The normalized spacial score (nSPS) is 12.6. The zero-order valence-corrected chi connectivity index (χ0v) is 52.9. The van der Waals surface area contributed by atoms with Crippen LogP contribution >= 0.6 is 0 Å². The Hall–Kier alpha value is -1.66. The first kappa shape index (κ1) is 76.3. The average Bonchev–Trinajstić information content (AvgIpc) is 3.44. The van der Waals surface area contributed by atoms with Crippen LogP contribution in [-0.4, -0.2) is 47.4 Å². The molecule has 2 atom stereocenters. The van der Waals surface area contributed by atoms with Gasteiger partial charge < -0.3 is 20.3 Å². The van der Waals surface area contributed by atoms with Gasteiger partial charge in [-0.2, -0.15) is 0 Å². The molecule has 3 N–H and O–H groups in total. The predicted molar refractivity (Wildman–Crippen MR) is 343 cm³/mol. The molecular weight excluding hydrogens is 959 g/mol. The highest BCUT2D eigenvalue weighted by molar-refractivity contribution is 5.76. The van der Waals surface area contributed by atoms with E-state index in [4.69, 9.17) is 4.74 Å². The van der Waals surface area contributed by atoms with Crippen molar-refractivity contribution in [3.05, 3.63) is 24.3 Å². The second-order valence-corrected chi connectivity index (χ2v) is 24.6. The number of hydrogen-bond donors (Lipinski definition) is 3. The van der Waals surface area contributed by atoms with Crippen molar-refractivity contribution in [3.63, 3.8) is 0 Å². The summed E-state index contributed by atoms with van der Waals surface area (Å²) in [7, 11) is 0. The summed E-state index contributed by atoms with van der Waals surface area (Å²) in [4.78, 5) is 24.6. The topological polar surface area (TPSA) is 95.9 Å². The van der Waals surface area contributed by atoms with Crippen LogP contribution in [0.1, 0.15) is 399 Å². The highest BCUT2D eigenvalue weighted by atomic mass is 16.5. The van der Waals surface area contributed by atoms with E-state index in [9.17, 15) is 19.8 Å². The Morgan fingerprint density at radius 3 is 0.910 bits per heavy atom. The number of ether oxygens (including phenoxy) is 1. The number of aliphatic hydroxyl groups excluding tert-OH is 2. The average molecular weight is 1100 g/mol. The molecule has 0 radical (unpaired) electrons. The number of carbonyl (C=O) groups is 2. The molecule has 0 aliphatic carbocycles. The molecule has 0 rings (SSSR count). The van der Waals surface area contributed by atoms with Gasteiger partial charge in [-0.15, -0.1) is 0 Å². The van der Waals surface area contributed by atoms with Gasteiger partial charge in [-0.05, 0) is 57.8 Å². The molecule has 1 amide bonds. The fourth-order valence-corrected chi connectivity index (χ4v) is 11.3. The molecule has 0 bridgehead atoms. The lowest BCUT2D eigenvalue weighted by atomic mass is 10.0. The summed E-state index contributed by atoms with van der Waals surface area (Å²) in [6.07, 6.45) is 85.3. The van der Waals surface area contributed by atoms with Gasteiger partial charge in [0.1, 0.15) is 0 Å². The molecule has 0 saturated heterocycles. The number of rotatable bonds is 67. The lowest BCUT2D eigenvalue weighted by molar-refractivity contribution is -0.143. The molecule has 0 aromatic heterocycles. The summed E-state index contributed by atoms with van der Waals surface area (Å²) in [6, 6.07) is -0.631. The lowest BCUT2D eigenvalue weighted by Gasteiger charge is -2.20. The third kappa shape index (κ3) is 63.5. The predicted octanol–water partition coefficient (Wildman–Crippen LogP) is 22.9. The van der Waals surface area contributed by atoms with Crippen molar-refractivity contribution in [3.8, 4) is 0 Å². The molecule has 0 heterocycles. The van der Waals surface area contributed by atoms with Crippen LogP contribution in [0.5, 0.6) is 0 Å². The monoisotopic (exact) mass is 1100 g/mol. The zero-order valence-electron chi connectivity index (χ0n) is 52.9. The van der Waals surface area contributed by atoms with Crippen molar-refractivity contribution in [1.82, 2.24) is 5.32 Å². The number of esters is 1. The van der Waals surface area contributed by atoms with E-state index in [2.05, 4.69) is 31.3 Å². The number of amides is 1. The molecule has 6 nitrogen and oxygen atoms in total. The van der Waals surface area contributed by atoms with Gasteiger partial charge in [0.2, 0.25) is 5.91 Å². The van der Waals surface area contributed by atoms with Gasteiger partial charge in [-0.3, -0.25) is 9.59 Å². The van der Waals surface area contributed by atoms with E-state index in [1.54, 1.807) is 6.08 Å². The second-order valence-electron chi connectivity index (χ2n) is 24.6. The Balaban J connectivity index is 3.41. The highest BCUT2D eigenvalue weighted by Gasteiger charge is 2.18. The standard InChI is InChI=1S/C72H139NO5/c1-3-5-7-9-11-13-15-17-19-21-22-23-24-25-26-29-33-36-40-44-48-52-56-60-64-70(75)69(68-74)73-71(76)65-61-57-53-49-45-41-37-34-30-27-28-31-35-39-43-47-51-55-59-63-67-78-72(77)66-62-58-54-50-46-42-38-32-20-18-16-14-12-10-8-6-4-2/h18,20,60,64,69-70,74-75H,3-17,19,21-59,61-63,65-68H2,1-2H3,(H,73,76)/b20-18-,64-60+. The van der Waals surface area contributed by atoms with Crippen molar-refractivity contribution in [2.45, 2.75) is 411 Å². The molecular formula is C72H139NO5. The van der Waals surface area contributed by atoms with E-state index in [-0.39, 0.29) is 18.5 Å². The molecule has 0 aliphatic heterocycles. The van der Waals surface area contributed by atoms with Crippen molar-refractivity contribution >= 4 is 11.9 Å². The smallest absolute Gasteiger partial charge is 0.305 e. The maximum Gasteiger partial charge on any atom is 0.305 e. The fourth-order valence-electron chi connectivity index (χ4n) is 11.3.